The van der Waals surface area contributed by atoms with E-state index >= 15 is 0 Å². The van der Waals surface area contributed by atoms with Gasteiger partial charge in [0.15, 0.2) is 11.6 Å². The van der Waals surface area contributed by atoms with Gasteiger partial charge in [0.25, 0.3) is 0 Å². The molecule has 0 N–H and O–H groups in total. The van der Waals surface area contributed by atoms with Crippen LogP contribution in [0.5, 0.6) is 11.5 Å². The molecule has 33 heavy (non-hydrogen) atoms. The van der Waals surface area contributed by atoms with E-state index in [0.29, 0.717) is 3.57 Å². The van der Waals surface area contributed by atoms with E-state index in [2.05, 4.69) is 4.74 Å². The number of carbonyl (C=O) groups is 2. The third-order valence-electron chi connectivity index (χ3n) is 4.00. The summed E-state index contributed by atoms with van der Waals surface area (Å²) >= 11 is 1.81. The highest BCUT2D eigenvalue weighted by molar-refractivity contribution is 14.1. The molecule has 3 aromatic carbocycles. The van der Waals surface area contributed by atoms with Crippen LogP contribution in [0.2, 0.25) is 0 Å². The molecule has 0 atom stereocenters. The lowest BCUT2D eigenvalue weighted by molar-refractivity contribution is 0.0695. The number of hydrogen-bond donors (Lipinski definition) is 0. The number of rotatable bonds is 5. The first-order valence-electron chi connectivity index (χ1n) is 8.52. The molecule has 3 aromatic rings. The molecule has 0 aliphatic heterocycles. The van der Waals surface area contributed by atoms with E-state index in [4.69, 9.17) is 4.74 Å². The first-order valence-corrected chi connectivity index (χ1v) is 11.0. The number of carbonyl (C=O) groups excluding carboxylic acids is 2. The van der Waals surface area contributed by atoms with Gasteiger partial charge in [-0.3, -0.25) is 0 Å². The lowest BCUT2D eigenvalue weighted by Gasteiger charge is -2.15. The number of ether oxygens (including phenoxy) is 2. The van der Waals surface area contributed by atoms with Gasteiger partial charge in [-0.05, 0) is 52.9 Å². The van der Waals surface area contributed by atoms with Gasteiger partial charge in [0.2, 0.25) is 17.4 Å². The quantitative estimate of drug-likeness (QED) is 0.109. The maximum atomic E-state index is 14.2. The lowest BCUT2D eigenvalue weighted by atomic mass is 10.2. The van der Waals surface area contributed by atoms with Crippen molar-refractivity contribution in [1.29, 1.82) is 0 Å². The standard InChI is InChI=1S/C20H9F4IO7S/c21-13-15(23)18(33(28,29)30)16(24)14(22)17(13)32-20(27)11-7-6-10(25)8-12(11)31-19(26)9-4-2-1-3-5-9/h1-8H,(H,28,29,30)/p-1. The van der Waals surface area contributed by atoms with Crippen LogP contribution in [0.1, 0.15) is 20.7 Å². The summed E-state index contributed by atoms with van der Waals surface area (Å²) in [4.78, 5) is 22.4. The first kappa shape index (κ1) is 24.6. The van der Waals surface area contributed by atoms with Crippen LogP contribution >= 0.6 is 22.6 Å². The second kappa shape index (κ2) is 9.44. The van der Waals surface area contributed by atoms with Gasteiger partial charge in [-0.1, -0.05) is 18.2 Å². The maximum Gasteiger partial charge on any atom is 0.347 e. The summed E-state index contributed by atoms with van der Waals surface area (Å²) in [5.41, 5.74) is -0.453. The highest BCUT2D eigenvalue weighted by Gasteiger charge is 2.32. The fraction of sp³-hybridized carbons (Fsp3) is 0. The third kappa shape index (κ3) is 5.15. The Balaban J connectivity index is 2.00. The van der Waals surface area contributed by atoms with Crippen LogP contribution in [0.25, 0.3) is 0 Å². The van der Waals surface area contributed by atoms with E-state index in [9.17, 15) is 40.1 Å². The number of esters is 2. The van der Waals surface area contributed by atoms with Gasteiger partial charge in [0.05, 0.1) is 5.56 Å². The summed E-state index contributed by atoms with van der Waals surface area (Å²) in [6.07, 6.45) is 0. The van der Waals surface area contributed by atoms with Crippen LogP contribution in [0.4, 0.5) is 17.6 Å². The molecule has 3 rings (SSSR count). The molecule has 0 aromatic heterocycles. The van der Waals surface area contributed by atoms with Crippen LogP contribution < -0.4 is 9.47 Å². The summed E-state index contributed by atoms with van der Waals surface area (Å²) < 4.78 is 98.9. The van der Waals surface area contributed by atoms with Gasteiger partial charge in [-0.2, -0.15) is 8.78 Å². The first-order chi connectivity index (χ1) is 15.4. The van der Waals surface area contributed by atoms with E-state index in [1.165, 1.54) is 24.3 Å². The highest BCUT2D eigenvalue weighted by atomic mass is 127. The predicted molar refractivity (Wildman–Crippen MR) is 110 cm³/mol. The minimum absolute atomic E-state index is 0.103. The lowest BCUT2D eigenvalue weighted by Crippen LogP contribution is -2.18. The van der Waals surface area contributed by atoms with Gasteiger partial charge >= 0.3 is 11.9 Å². The Morgan fingerprint density at radius 2 is 1.39 bits per heavy atom. The van der Waals surface area contributed by atoms with Gasteiger partial charge < -0.3 is 14.0 Å². The highest BCUT2D eigenvalue weighted by Crippen LogP contribution is 2.33. The summed E-state index contributed by atoms with van der Waals surface area (Å²) in [6.45, 7) is 0. The van der Waals surface area contributed by atoms with Crippen molar-refractivity contribution in [2.24, 2.45) is 0 Å². The van der Waals surface area contributed by atoms with Crippen LogP contribution in [0.15, 0.2) is 53.4 Å². The average Bonchev–Trinajstić information content (AvgIpc) is 2.75. The minimum Gasteiger partial charge on any atom is -0.744 e. The van der Waals surface area contributed by atoms with Crippen molar-refractivity contribution in [2.75, 3.05) is 0 Å². The molecule has 0 bridgehead atoms. The Hall–Kier alpha value is -3.04. The van der Waals surface area contributed by atoms with Crippen molar-refractivity contribution in [3.8, 4) is 11.5 Å². The largest absolute Gasteiger partial charge is 0.744 e. The topological polar surface area (TPSA) is 110 Å². The molecule has 0 fully saturated rings. The van der Waals surface area contributed by atoms with Crippen LogP contribution in [-0.2, 0) is 10.1 Å². The number of halogens is 5. The molecule has 13 heteroatoms. The Labute approximate surface area is 196 Å². The smallest absolute Gasteiger partial charge is 0.347 e. The van der Waals surface area contributed by atoms with Crippen molar-refractivity contribution in [1.82, 2.24) is 0 Å². The van der Waals surface area contributed by atoms with Gasteiger partial charge in [-0.15, -0.1) is 0 Å². The molecule has 0 aliphatic carbocycles. The van der Waals surface area contributed by atoms with Crippen molar-refractivity contribution in [3.05, 3.63) is 86.5 Å². The Morgan fingerprint density at radius 1 is 0.818 bits per heavy atom. The van der Waals surface area contributed by atoms with E-state index in [1.807, 2.05) is 22.6 Å². The zero-order chi connectivity index (χ0) is 24.5. The normalized spacial score (nSPS) is 11.2. The minimum atomic E-state index is -5.94. The second-order valence-corrected chi connectivity index (χ2v) is 8.72. The van der Waals surface area contributed by atoms with Crippen LogP contribution in [0.3, 0.4) is 0 Å². The third-order valence-corrected chi connectivity index (χ3v) is 5.53. The van der Waals surface area contributed by atoms with Crippen molar-refractivity contribution in [3.63, 3.8) is 0 Å². The van der Waals surface area contributed by atoms with Gasteiger partial charge in [0, 0.05) is 3.57 Å². The number of benzene rings is 3. The van der Waals surface area contributed by atoms with E-state index < -0.39 is 67.3 Å². The Kier molecular flexibility index (Phi) is 7.04. The van der Waals surface area contributed by atoms with Crippen LogP contribution in [0, 0.1) is 26.8 Å². The van der Waals surface area contributed by atoms with E-state index in [0.717, 1.165) is 6.07 Å². The zero-order valence-corrected chi connectivity index (χ0v) is 18.7. The molecule has 7 nitrogen and oxygen atoms in total. The average molecular weight is 595 g/mol. The van der Waals surface area contributed by atoms with Gasteiger partial charge in [-0.25, -0.2) is 26.8 Å². The summed E-state index contributed by atoms with van der Waals surface area (Å²) in [5, 5.41) is 0. The predicted octanol–water partition coefficient (Wildman–Crippen LogP) is 4.19. The molecule has 172 valence electrons. The molecule has 0 aliphatic rings. The van der Waals surface area contributed by atoms with E-state index in [-0.39, 0.29) is 5.56 Å². The molecule has 0 radical (unpaired) electrons. The van der Waals surface area contributed by atoms with Crippen molar-refractivity contribution in [2.45, 2.75) is 4.90 Å². The van der Waals surface area contributed by atoms with Gasteiger partial charge in [0.1, 0.15) is 26.3 Å². The number of hydrogen-bond acceptors (Lipinski definition) is 7. The fourth-order valence-corrected chi connectivity index (χ4v) is 3.61. The SMILES string of the molecule is O=C(Oc1cc(I)ccc1C(=O)Oc1c(F)c(F)c(S(=O)(=O)[O-])c(F)c1F)c1ccccc1. The monoisotopic (exact) mass is 595 g/mol. The summed E-state index contributed by atoms with van der Waals surface area (Å²) in [6, 6.07) is 11.1. The molecular weight excluding hydrogens is 587 g/mol. The maximum absolute atomic E-state index is 14.2. The fourth-order valence-electron chi connectivity index (χ4n) is 2.53. The molecule has 0 heterocycles. The molecular formula is C20H8F4IO7S-. The Bertz CT molecular complexity index is 1350. The molecule has 0 spiro atoms. The summed E-state index contributed by atoms with van der Waals surface area (Å²) in [7, 11) is -5.94. The van der Waals surface area contributed by atoms with Crippen molar-refractivity contribution >= 4 is 44.6 Å². The van der Waals surface area contributed by atoms with Crippen molar-refractivity contribution < 1.29 is 49.6 Å². The molecule has 0 saturated heterocycles. The summed E-state index contributed by atoms with van der Waals surface area (Å²) in [5.74, 6) is -14.8. The second-order valence-electron chi connectivity index (χ2n) is 6.15. The van der Waals surface area contributed by atoms with Crippen LogP contribution in [-0.4, -0.2) is 24.9 Å². The molecule has 0 unspecified atom stereocenters. The molecule has 0 saturated carbocycles. The molecule has 0 amide bonds. The van der Waals surface area contributed by atoms with E-state index in [1.54, 1.807) is 18.2 Å². The zero-order valence-electron chi connectivity index (χ0n) is 15.8. The Morgan fingerprint density at radius 3 is 1.94 bits per heavy atom.